The first kappa shape index (κ1) is 23.3. The van der Waals surface area contributed by atoms with E-state index < -0.39 is 11.7 Å². The zero-order valence-electron chi connectivity index (χ0n) is 18.3. The molecule has 1 heterocycles. The molecule has 1 fully saturated rings. The first-order valence-corrected chi connectivity index (χ1v) is 11.1. The van der Waals surface area contributed by atoms with Crippen molar-refractivity contribution in [2.45, 2.75) is 25.1 Å². The Morgan fingerprint density at radius 3 is 2.64 bits per heavy atom. The maximum absolute atomic E-state index is 12.9. The van der Waals surface area contributed by atoms with Gasteiger partial charge in [-0.1, -0.05) is 60.7 Å². The van der Waals surface area contributed by atoms with E-state index in [1.807, 2.05) is 12.1 Å². The molecule has 1 saturated heterocycles. The number of rotatable bonds is 8. The lowest BCUT2D eigenvalue weighted by Crippen LogP contribution is -2.50. The van der Waals surface area contributed by atoms with E-state index in [2.05, 4.69) is 35.6 Å². The number of ether oxygens (including phenoxy) is 1. The summed E-state index contributed by atoms with van der Waals surface area (Å²) in [7, 11) is 0. The summed E-state index contributed by atoms with van der Waals surface area (Å²) in [6.07, 6.45) is -3.26. The third-order valence-electron chi connectivity index (χ3n) is 5.97. The Morgan fingerprint density at radius 1 is 1.00 bits per heavy atom. The van der Waals surface area contributed by atoms with Crippen LogP contribution in [-0.2, 0) is 28.5 Å². The van der Waals surface area contributed by atoms with Crippen molar-refractivity contribution in [3.63, 3.8) is 0 Å². The van der Waals surface area contributed by atoms with Crippen LogP contribution in [0.3, 0.4) is 0 Å². The van der Waals surface area contributed by atoms with Crippen LogP contribution in [0.15, 0.2) is 66.7 Å². The molecular formula is C26H27F3N2O2. The van der Waals surface area contributed by atoms with E-state index in [9.17, 15) is 18.0 Å². The van der Waals surface area contributed by atoms with Crippen LogP contribution in [0.5, 0.6) is 0 Å². The highest BCUT2D eigenvalue weighted by atomic mass is 19.4. The highest BCUT2D eigenvalue weighted by Gasteiger charge is 2.30. The number of amides is 1. The van der Waals surface area contributed by atoms with Gasteiger partial charge in [0.15, 0.2) is 0 Å². The molecule has 3 aromatic rings. The van der Waals surface area contributed by atoms with Gasteiger partial charge in [0.1, 0.15) is 6.61 Å². The number of nitrogens with zero attached hydrogens (tertiary/aromatic N) is 1. The number of morpholine rings is 1. The molecule has 0 aromatic heterocycles. The third kappa shape index (κ3) is 6.12. The Morgan fingerprint density at radius 2 is 1.79 bits per heavy atom. The number of carbonyl (C=O) groups excluding carboxylic acids is 1. The maximum atomic E-state index is 12.9. The number of alkyl halides is 3. The van der Waals surface area contributed by atoms with Crippen molar-refractivity contribution >= 4 is 16.7 Å². The Labute approximate surface area is 191 Å². The first-order chi connectivity index (χ1) is 15.9. The van der Waals surface area contributed by atoms with Crippen molar-refractivity contribution in [3.05, 3.63) is 83.4 Å². The molecule has 0 bridgehead atoms. The number of hydrogen-bond donors (Lipinski definition) is 1. The van der Waals surface area contributed by atoms with Crippen molar-refractivity contribution in [2.24, 2.45) is 0 Å². The molecule has 7 heteroatoms. The molecule has 3 aromatic carbocycles. The standard InChI is InChI=1S/C26H27F3N2O2/c27-26(28,29)22-9-3-5-19(15-22)12-14-31-17-23(33-18-25(31)32)16-30-13-11-21-8-4-7-20-6-1-2-10-24(20)21/h1-10,15,23,30H,11-14,16-18H2. The lowest BCUT2D eigenvalue weighted by molar-refractivity contribution is -0.148. The van der Waals surface area contributed by atoms with Crippen molar-refractivity contribution in [3.8, 4) is 0 Å². The van der Waals surface area contributed by atoms with Crippen molar-refractivity contribution < 1.29 is 22.7 Å². The van der Waals surface area contributed by atoms with Crippen LogP contribution in [0.1, 0.15) is 16.7 Å². The molecule has 0 radical (unpaired) electrons. The average molecular weight is 457 g/mol. The van der Waals surface area contributed by atoms with Crippen LogP contribution in [0.4, 0.5) is 13.2 Å². The number of halogens is 3. The molecule has 1 aliphatic rings. The van der Waals surface area contributed by atoms with Crippen LogP contribution in [0, 0.1) is 0 Å². The molecule has 0 spiro atoms. The second-order valence-electron chi connectivity index (χ2n) is 8.31. The number of fused-ring (bicyclic) bond motifs is 1. The molecule has 1 atom stereocenters. The second kappa shape index (κ2) is 10.4. The van der Waals surface area contributed by atoms with Crippen molar-refractivity contribution in [1.29, 1.82) is 0 Å². The normalized spacial score (nSPS) is 17.0. The molecule has 0 aliphatic carbocycles. The zero-order chi connectivity index (χ0) is 23.3. The van der Waals surface area contributed by atoms with E-state index in [1.165, 1.54) is 22.4 Å². The zero-order valence-corrected chi connectivity index (χ0v) is 18.3. The fourth-order valence-electron chi connectivity index (χ4n) is 4.18. The fraction of sp³-hybridized carbons (Fsp3) is 0.346. The molecule has 1 N–H and O–H groups in total. The van der Waals surface area contributed by atoms with Crippen LogP contribution < -0.4 is 5.32 Å². The first-order valence-electron chi connectivity index (χ1n) is 11.1. The molecule has 4 rings (SSSR count). The quantitative estimate of drug-likeness (QED) is 0.509. The van der Waals surface area contributed by atoms with Crippen LogP contribution in [-0.4, -0.2) is 49.7 Å². The van der Waals surface area contributed by atoms with Crippen LogP contribution in [0.25, 0.3) is 10.8 Å². The minimum Gasteiger partial charge on any atom is -0.365 e. The molecule has 1 aliphatic heterocycles. The van der Waals surface area contributed by atoms with Crippen LogP contribution in [0.2, 0.25) is 0 Å². The monoisotopic (exact) mass is 456 g/mol. The van der Waals surface area contributed by atoms with Gasteiger partial charge in [-0.3, -0.25) is 4.79 Å². The van der Waals surface area contributed by atoms with Crippen LogP contribution >= 0.6 is 0 Å². The highest BCUT2D eigenvalue weighted by Crippen LogP contribution is 2.29. The Hall–Kier alpha value is -2.90. The Balaban J connectivity index is 1.25. The number of carbonyl (C=O) groups is 1. The third-order valence-corrected chi connectivity index (χ3v) is 5.97. The van der Waals surface area contributed by atoms with Gasteiger partial charge < -0.3 is 15.0 Å². The molecular weight excluding hydrogens is 429 g/mol. The van der Waals surface area contributed by atoms with Gasteiger partial charge >= 0.3 is 6.18 Å². The molecule has 174 valence electrons. The number of nitrogens with one attached hydrogen (secondary N) is 1. The average Bonchev–Trinajstić information content (AvgIpc) is 2.81. The summed E-state index contributed by atoms with van der Waals surface area (Å²) in [5.74, 6) is -0.131. The van der Waals surface area contributed by atoms with E-state index >= 15 is 0 Å². The summed E-state index contributed by atoms with van der Waals surface area (Å²) >= 11 is 0. The number of benzene rings is 3. The van der Waals surface area contributed by atoms with Gasteiger partial charge in [-0.05, 0) is 47.4 Å². The van der Waals surface area contributed by atoms with Gasteiger partial charge in [0, 0.05) is 19.6 Å². The maximum Gasteiger partial charge on any atom is 0.416 e. The number of hydrogen-bond acceptors (Lipinski definition) is 3. The SMILES string of the molecule is O=C1COC(CNCCc2cccc3ccccc23)CN1CCc1cccc(C(F)(F)F)c1. The van der Waals surface area contributed by atoms with E-state index in [1.54, 1.807) is 11.0 Å². The van der Waals surface area contributed by atoms with Gasteiger partial charge in [-0.15, -0.1) is 0 Å². The lowest BCUT2D eigenvalue weighted by atomic mass is 10.0. The predicted molar refractivity (Wildman–Crippen MR) is 122 cm³/mol. The van der Waals surface area contributed by atoms with Crippen molar-refractivity contribution in [2.75, 3.05) is 32.8 Å². The molecule has 1 amide bonds. The molecule has 4 nitrogen and oxygen atoms in total. The Kier molecular flexibility index (Phi) is 7.30. The van der Waals surface area contributed by atoms with E-state index in [-0.39, 0.29) is 18.6 Å². The van der Waals surface area contributed by atoms with Gasteiger partial charge in [-0.2, -0.15) is 13.2 Å². The Bertz CT molecular complexity index is 1090. The van der Waals surface area contributed by atoms with Gasteiger partial charge in [0.2, 0.25) is 5.91 Å². The smallest absolute Gasteiger partial charge is 0.365 e. The summed E-state index contributed by atoms with van der Waals surface area (Å²) in [5.41, 5.74) is 1.18. The summed E-state index contributed by atoms with van der Waals surface area (Å²) in [6.45, 7) is 2.19. The molecule has 1 unspecified atom stereocenters. The van der Waals surface area contributed by atoms with E-state index in [0.717, 1.165) is 25.1 Å². The summed E-state index contributed by atoms with van der Waals surface area (Å²) in [6, 6.07) is 19.9. The van der Waals surface area contributed by atoms with Crippen molar-refractivity contribution in [1.82, 2.24) is 10.2 Å². The second-order valence-corrected chi connectivity index (χ2v) is 8.31. The lowest BCUT2D eigenvalue weighted by Gasteiger charge is -2.33. The van der Waals surface area contributed by atoms with Gasteiger partial charge in [0.25, 0.3) is 0 Å². The van der Waals surface area contributed by atoms with E-state index in [0.29, 0.717) is 31.6 Å². The largest absolute Gasteiger partial charge is 0.416 e. The fourth-order valence-corrected chi connectivity index (χ4v) is 4.18. The summed E-state index contributed by atoms with van der Waals surface area (Å²) in [4.78, 5) is 13.9. The summed E-state index contributed by atoms with van der Waals surface area (Å²) in [5, 5.41) is 5.89. The summed E-state index contributed by atoms with van der Waals surface area (Å²) < 4.78 is 44.4. The van der Waals surface area contributed by atoms with Gasteiger partial charge in [0.05, 0.1) is 11.7 Å². The molecule has 33 heavy (non-hydrogen) atoms. The molecule has 0 saturated carbocycles. The predicted octanol–water partition coefficient (Wildman–Crippen LogP) is 4.46. The topological polar surface area (TPSA) is 41.6 Å². The minimum absolute atomic E-state index is 0.00173. The van der Waals surface area contributed by atoms with Gasteiger partial charge in [-0.25, -0.2) is 0 Å². The van der Waals surface area contributed by atoms with E-state index in [4.69, 9.17) is 4.74 Å². The minimum atomic E-state index is -4.37. The highest BCUT2D eigenvalue weighted by molar-refractivity contribution is 5.85.